The van der Waals surface area contributed by atoms with E-state index in [0.29, 0.717) is 18.6 Å². The smallest absolute Gasteiger partial charge is 0.244 e. The van der Waals surface area contributed by atoms with Crippen LogP contribution in [0.25, 0.3) is 6.08 Å². The molecule has 1 spiro atoms. The summed E-state index contributed by atoms with van der Waals surface area (Å²) in [5, 5.41) is 14.2. The maximum atomic E-state index is 13.6. The number of piperidine rings is 1. The molecule has 2 aliphatic heterocycles. The minimum atomic E-state index is -0.666. The monoisotopic (exact) mass is 484 g/mol. The number of nitrogens with one attached hydrogen (secondary N) is 1. The van der Waals surface area contributed by atoms with Crippen molar-refractivity contribution < 1.29 is 19.4 Å². The molecule has 6 heteroatoms. The van der Waals surface area contributed by atoms with Crippen molar-refractivity contribution in [2.75, 3.05) is 13.1 Å². The number of phenols is 1. The van der Waals surface area contributed by atoms with Gasteiger partial charge in [-0.05, 0) is 74.8 Å². The molecule has 3 aliphatic carbocycles. The summed E-state index contributed by atoms with van der Waals surface area (Å²) in [6.07, 6.45) is 7.82. The van der Waals surface area contributed by atoms with Crippen LogP contribution in [0, 0.1) is 12.8 Å². The van der Waals surface area contributed by atoms with Crippen molar-refractivity contribution in [1.82, 2.24) is 10.2 Å². The van der Waals surface area contributed by atoms with Crippen molar-refractivity contribution in [1.29, 1.82) is 0 Å². The molecule has 36 heavy (non-hydrogen) atoms. The molecule has 7 rings (SSSR count). The average molecular weight is 485 g/mol. The molecule has 6 nitrogen and oxygen atoms in total. The molecule has 1 amide bonds. The Bertz CT molecular complexity index is 1300. The molecule has 2 aromatic carbocycles. The predicted molar refractivity (Wildman–Crippen MR) is 136 cm³/mol. The number of nitrogens with zero attached hydrogens (tertiary/aromatic N) is 1. The van der Waals surface area contributed by atoms with Crippen LogP contribution in [0.3, 0.4) is 0 Å². The molecular formula is C30H32N2O4. The van der Waals surface area contributed by atoms with Gasteiger partial charge >= 0.3 is 0 Å². The van der Waals surface area contributed by atoms with E-state index in [1.165, 1.54) is 18.4 Å². The van der Waals surface area contributed by atoms with E-state index in [-0.39, 0.29) is 23.5 Å². The highest BCUT2D eigenvalue weighted by Crippen LogP contribution is 2.65. The topological polar surface area (TPSA) is 78.9 Å². The van der Waals surface area contributed by atoms with E-state index >= 15 is 0 Å². The molecule has 4 atom stereocenters. The van der Waals surface area contributed by atoms with Crippen molar-refractivity contribution in [3.8, 4) is 11.5 Å². The Kier molecular flexibility index (Phi) is 4.72. The molecule has 5 aliphatic rings. The Labute approximate surface area is 211 Å². The molecular weight excluding hydrogens is 452 g/mol. The van der Waals surface area contributed by atoms with Gasteiger partial charge in [0.15, 0.2) is 23.4 Å². The number of phenolic OH excluding ortho intramolecular Hbond substituents is 1. The quantitative estimate of drug-likeness (QED) is 0.633. The van der Waals surface area contributed by atoms with Crippen LogP contribution in [0.15, 0.2) is 42.5 Å². The van der Waals surface area contributed by atoms with Gasteiger partial charge in [0.25, 0.3) is 0 Å². The average Bonchev–Trinajstić information content (AvgIpc) is 3.61. The van der Waals surface area contributed by atoms with Gasteiger partial charge in [-0.2, -0.15) is 0 Å². The standard InChI is InChI=1S/C30H32N2O4/c1-18-2-4-19(5-3-18)8-11-25(35)31-30-13-12-23(34)28-29(30)14-15-32(17-20-6-7-20)24(30)16-21-9-10-22(33)27(36-28)26(21)29/h2-5,8-11,20,24,28,33H,6-7,12-17H2,1H3,(H,31,35)/b11-8+/t24-,28+,29+,30-/m1/s1. The molecule has 0 unspecified atom stereocenters. The molecule has 2 aromatic rings. The molecule has 2 heterocycles. The van der Waals surface area contributed by atoms with Crippen LogP contribution in [-0.2, 0) is 21.4 Å². The zero-order valence-electron chi connectivity index (χ0n) is 20.6. The zero-order chi connectivity index (χ0) is 24.7. The Morgan fingerprint density at radius 3 is 2.78 bits per heavy atom. The molecule has 0 aromatic heterocycles. The van der Waals surface area contributed by atoms with Crippen LogP contribution >= 0.6 is 0 Å². The first-order valence-electron chi connectivity index (χ1n) is 13.3. The lowest BCUT2D eigenvalue weighted by molar-refractivity contribution is -0.148. The molecule has 2 bridgehead atoms. The van der Waals surface area contributed by atoms with Gasteiger partial charge < -0.3 is 15.2 Å². The fourth-order valence-electron chi connectivity index (χ4n) is 7.67. The highest BCUT2D eigenvalue weighted by Gasteiger charge is 2.73. The molecule has 186 valence electrons. The predicted octanol–water partition coefficient (Wildman–Crippen LogP) is 3.67. The third-order valence-corrected chi connectivity index (χ3v) is 9.46. The number of likely N-dealkylation sites (tertiary alicyclic amines) is 1. The largest absolute Gasteiger partial charge is 0.504 e. The molecule has 3 fully saturated rings. The van der Waals surface area contributed by atoms with Crippen molar-refractivity contribution >= 4 is 17.8 Å². The number of benzene rings is 2. The third kappa shape index (κ3) is 3.00. The maximum absolute atomic E-state index is 13.6. The number of ketones is 1. The van der Waals surface area contributed by atoms with Crippen molar-refractivity contribution in [3.63, 3.8) is 0 Å². The van der Waals surface area contributed by atoms with Gasteiger partial charge in [0, 0.05) is 30.6 Å². The fraction of sp³-hybridized carbons (Fsp3) is 0.467. The van der Waals surface area contributed by atoms with Crippen LogP contribution in [-0.4, -0.2) is 52.5 Å². The summed E-state index contributed by atoms with van der Waals surface area (Å²) in [6, 6.07) is 11.9. The van der Waals surface area contributed by atoms with E-state index in [1.54, 1.807) is 12.1 Å². The summed E-state index contributed by atoms with van der Waals surface area (Å²) in [5.74, 6) is 1.21. The normalized spacial score (nSPS) is 32.3. The van der Waals surface area contributed by atoms with E-state index in [0.717, 1.165) is 48.5 Å². The highest BCUT2D eigenvalue weighted by molar-refractivity contribution is 5.95. The fourth-order valence-corrected chi connectivity index (χ4v) is 7.67. The number of rotatable bonds is 5. The van der Waals surface area contributed by atoms with Gasteiger partial charge in [-0.3, -0.25) is 14.5 Å². The Hall–Kier alpha value is -3.12. The Morgan fingerprint density at radius 2 is 2.00 bits per heavy atom. The van der Waals surface area contributed by atoms with Crippen molar-refractivity contribution in [2.45, 2.75) is 68.5 Å². The third-order valence-electron chi connectivity index (χ3n) is 9.46. The second-order valence-electron chi connectivity index (χ2n) is 11.5. The van der Waals surface area contributed by atoms with Gasteiger partial charge in [0.05, 0.1) is 11.0 Å². The number of aromatic hydroxyl groups is 1. The van der Waals surface area contributed by atoms with Gasteiger partial charge in [0.2, 0.25) is 5.91 Å². The SMILES string of the molecule is Cc1ccc(/C=C/C(=O)N[C@@]23CCC(=O)[C@@H]4Oc5c(O)ccc6c5[C@@]42CCN(CC2CC2)[C@@H]3C6)cc1. The lowest BCUT2D eigenvalue weighted by Gasteiger charge is -2.65. The number of hydrogen-bond acceptors (Lipinski definition) is 5. The summed E-state index contributed by atoms with van der Waals surface area (Å²) in [7, 11) is 0. The molecule has 1 saturated heterocycles. The number of carbonyl (C=O) groups is 2. The summed E-state index contributed by atoms with van der Waals surface area (Å²) in [6.45, 7) is 3.96. The number of aryl methyl sites for hydroxylation is 1. The van der Waals surface area contributed by atoms with Gasteiger partial charge in [-0.1, -0.05) is 35.9 Å². The summed E-state index contributed by atoms with van der Waals surface area (Å²) in [4.78, 5) is 29.5. The van der Waals surface area contributed by atoms with Crippen LogP contribution in [0.2, 0.25) is 0 Å². The molecule has 2 N–H and O–H groups in total. The van der Waals surface area contributed by atoms with E-state index < -0.39 is 17.1 Å². The van der Waals surface area contributed by atoms with E-state index in [2.05, 4.69) is 10.2 Å². The second-order valence-corrected chi connectivity index (χ2v) is 11.5. The van der Waals surface area contributed by atoms with Crippen molar-refractivity contribution in [2.24, 2.45) is 5.92 Å². The lowest BCUT2D eigenvalue weighted by Crippen LogP contribution is -2.81. The number of ether oxygens (including phenoxy) is 1. The minimum Gasteiger partial charge on any atom is -0.504 e. The van der Waals surface area contributed by atoms with E-state index in [4.69, 9.17) is 4.74 Å². The number of amides is 1. The zero-order valence-corrected chi connectivity index (χ0v) is 20.6. The summed E-state index contributed by atoms with van der Waals surface area (Å²) >= 11 is 0. The van der Waals surface area contributed by atoms with Gasteiger partial charge in [0.1, 0.15) is 0 Å². The first kappa shape index (κ1) is 22.1. The number of carbonyl (C=O) groups excluding carboxylic acids is 2. The van der Waals surface area contributed by atoms with Crippen LogP contribution < -0.4 is 10.1 Å². The Balaban J connectivity index is 1.33. The van der Waals surface area contributed by atoms with E-state index in [1.807, 2.05) is 43.3 Å². The lowest BCUT2D eigenvalue weighted by atomic mass is 9.47. The number of hydrogen-bond donors (Lipinski definition) is 2. The minimum absolute atomic E-state index is 0.0768. The maximum Gasteiger partial charge on any atom is 0.244 e. The summed E-state index contributed by atoms with van der Waals surface area (Å²) < 4.78 is 6.31. The molecule has 0 radical (unpaired) electrons. The Morgan fingerprint density at radius 1 is 1.19 bits per heavy atom. The van der Waals surface area contributed by atoms with Crippen molar-refractivity contribution in [3.05, 3.63) is 64.7 Å². The van der Waals surface area contributed by atoms with E-state index in [9.17, 15) is 14.7 Å². The first-order chi connectivity index (χ1) is 17.4. The van der Waals surface area contributed by atoms with Gasteiger partial charge in [-0.15, -0.1) is 0 Å². The van der Waals surface area contributed by atoms with Crippen LogP contribution in [0.1, 0.15) is 54.4 Å². The summed E-state index contributed by atoms with van der Waals surface area (Å²) in [5.41, 5.74) is 2.99. The van der Waals surface area contributed by atoms with Gasteiger partial charge in [-0.25, -0.2) is 0 Å². The first-order valence-corrected chi connectivity index (χ1v) is 13.3. The second kappa shape index (κ2) is 7.69. The van der Waals surface area contributed by atoms with Crippen LogP contribution in [0.5, 0.6) is 11.5 Å². The highest BCUT2D eigenvalue weighted by atomic mass is 16.5. The van der Waals surface area contributed by atoms with Crippen LogP contribution in [0.4, 0.5) is 0 Å². The molecule has 2 saturated carbocycles. The number of Topliss-reactive ketones (excluding diaryl/α,β-unsaturated/α-hetero) is 1.